The highest BCUT2D eigenvalue weighted by Crippen LogP contribution is 2.22. The highest BCUT2D eigenvalue weighted by Gasteiger charge is 2.19. The first-order valence-corrected chi connectivity index (χ1v) is 11.5. The van der Waals surface area contributed by atoms with E-state index < -0.39 is 0 Å². The molecule has 0 fully saturated rings. The van der Waals surface area contributed by atoms with Gasteiger partial charge in [-0.1, -0.05) is 48.0 Å². The molecule has 0 radical (unpaired) electrons. The summed E-state index contributed by atoms with van der Waals surface area (Å²) in [6, 6.07) is 23.7. The third kappa shape index (κ3) is 5.43. The normalized spacial score (nSPS) is 12.0. The van der Waals surface area contributed by atoms with Crippen LogP contribution in [0.2, 0.25) is 0 Å². The van der Waals surface area contributed by atoms with Gasteiger partial charge in [0.25, 0.3) is 5.91 Å². The molecule has 4 rings (SSSR count). The number of unbranched alkanes of at least 4 members (excludes halogenated alkanes) is 1. The minimum Gasteiger partial charge on any atom is -0.494 e. The van der Waals surface area contributed by atoms with Crippen LogP contribution in [0.25, 0.3) is 11.0 Å². The maximum atomic E-state index is 13.0. The third-order valence-corrected chi connectivity index (χ3v) is 5.83. The maximum absolute atomic E-state index is 13.0. The molecule has 3 aromatic carbocycles. The van der Waals surface area contributed by atoms with Crippen molar-refractivity contribution < 1.29 is 9.53 Å². The Kier molecular flexibility index (Phi) is 7.08. The molecule has 170 valence electrons. The quantitative estimate of drug-likeness (QED) is 0.324. The van der Waals surface area contributed by atoms with Crippen molar-refractivity contribution in [1.82, 2.24) is 14.9 Å². The summed E-state index contributed by atoms with van der Waals surface area (Å²) in [5.41, 5.74) is 4.86. The number of fused-ring (bicyclic) bond motifs is 1. The van der Waals surface area contributed by atoms with Gasteiger partial charge >= 0.3 is 0 Å². The highest BCUT2D eigenvalue weighted by atomic mass is 16.5. The van der Waals surface area contributed by atoms with Crippen LogP contribution >= 0.6 is 0 Å². The summed E-state index contributed by atoms with van der Waals surface area (Å²) in [6.45, 7) is 7.49. The van der Waals surface area contributed by atoms with Crippen molar-refractivity contribution in [2.75, 3.05) is 6.61 Å². The molecule has 1 atom stereocenters. The predicted octanol–water partition coefficient (Wildman–Crippen LogP) is 6.00. The molecule has 1 heterocycles. The van der Waals surface area contributed by atoms with Gasteiger partial charge in [-0.05, 0) is 69.5 Å². The number of benzene rings is 3. The first kappa shape index (κ1) is 22.6. The lowest BCUT2D eigenvalue weighted by Crippen LogP contribution is -2.29. The zero-order chi connectivity index (χ0) is 23.2. The number of nitrogens with one attached hydrogen (secondary N) is 1. The molecule has 5 nitrogen and oxygen atoms in total. The zero-order valence-corrected chi connectivity index (χ0v) is 19.5. The van der Waals surface area contributed by atoms with Gasteiger partial charge in [-0.25, -0.2) is 4.98 Å². The van der Waals surface area contributed by atoms with Gasteiger partial charge in [0.2, 0.25) is 0 Å². The van der Waals surface area contributed by atoms with Crippen molar-refractivity contribution in [2.45, 2.75) is 46.2 Å². The van der Waals surface area contributed by atoms with E-state index in [1.165, 1.54) is 0 Å². The van der Waals surface area contributed by atoms with Crippen LogP contribution in [0.5, 0.6) is 5.75 Å². The summed E-state index contributed by atoms with van der Waals surface area (Å²) in [6.07, 6.45) is 1.89. The molecule has 0 aliphatic rings. The average Bonchev–Trinajstić information content (AvgIpc) is 3.18. The van der Waals surface area contributed by atoms with Crippen molar-refractivity contribution in [3.8, 4) is 5.75 Å². The number of carbonyl (C=O) groups excluding carboxylic acids is 1. The number of amides is 1. The molecule has 1 N–H and O–H groups in total. The minimum absolute atomic E-state index is 0.0742. The summed E-state index contributed by atoms with van der Waals surface area (Å²) < 4.78 is 8.06. The Morgan fingerprint density at radius 3 is 2.55 bits per heavy atom. The largest absolute Gasteiger partial charge is 0.494 e. The van der Waals surface area contributed by atoms with Crippen LogP contribution in [0, 0.1) is 13.8 Å². The Labute approximate surface area is 195 Å². The van der Waals surface area contributed by atoms with Crippen molar-refractivity contribution in [2.24, 2.45) is 0 Å². The smallest absolute Gasteiger partial charge is 0.252 e. The van der Waals surface area contributed by atoms with Gasteiger partial charge in [-0.2, -0.15) is 0 Å². The van der Waals surface area contributed by atoms with E-state index in [4.69, 9.17) is 9.72 Å². The van der Waals surface area contributed by atoms with Crippen LogP contribution in [0.3, 0.4) is 0 Å². The molecule has 0 aliphatic carbocycles. The standard InChI is InChI=1S/C28H31N3O2/c1-20-15-16-24(21(2)19-20)28(32)29-22(3)27-30-25-13-7-8-14-26(25)31(27)17-9-10-18-33-23-11-5-4-6-12-23/h4-8,11-16,19,22H,9-10,17-18H2,1-3H3,(H,29,32). The first-order chi connectivity index (χ1) is 16.0. The van der Waals surface area contributed by atoms with Gasteiger partial charge in [0.1, 0.15) is 11.6 Å². The molecular weight excluding hydrogens is 410 g/mol. The number of hydrogen-bond acceptors (Lipinski definition) is 3. The molecule has 33 heavy (non-hydrogen) atoms. The van der Waals surface area contributed by atoms with E-state index in [-0.39, 0.29) is 11.9 Å². The number of imidazole rings is 1. The summed E-state index contributed by atoms with van der Waals surface area (Å²) in [7, 11) is 0. The van der Waals surface area contributed by atoms with E-state index in [0.717, 1.165) is 53.1 Å². The number of aryl methyl sites for hydroxylation is 3. The molecule has 4 aromatic rings. The summed E-state index contributed by atoms with van der Waals surface area (Å²) in [5.74, 6) is 1.70. The van der Waals surface area contributed by atoms with E-state index in [2.05, 4.69) is 16.0 Å². The molecule has 0 saturated carbocycles. The monoisotopic (exact) mass is 441 g/mol. The van der Waals surface area contributed by atoms with Gasteiger partial charge in [0.15, 0.2) is 0 Å². The van der Waals surface area contributed by atoms with Crippen molar-refractivity contribution in [3.05, 3.63) is 95.3 Å². The van der Waals surface area contributed by atoms with E-state index in [9.17, 15) is 4.79 Å². The van der Waals surface area contributed by atoms with Crippen LogP contribution in [-0.2, 0) is 6.54 Å². The number of hydrogen-bond donors (Lipinski definition) is 1. The van der Waals surface area contributed by atoms with Gasteiger partial charge in [-0.3, -0.25) is 4.79 Å². The van der Waals surface area contributed by atoms with Gasteiger partial charge in [0.05, 0.1) is 23.7 Å². The number of aromatic nitrogens is 2. The van der Waals surface area contributed by atoms with Crippen LogP contribution < -0.4 is 10.1 Å². The lowest BCUT2D eigenvalue weighted by molar-refractivity contribution is 0.0937. The number of rotatable bonds is 9. The summed E-state index contributed by atoms with van der Waals surface area (Å²) in [5, 5.41) is 3.15. The number of ether oxygens (including phenoxy) is 1. The van der Waals surface area contributed by atoms with Crippen LogP contribution in [0.15, 0.2) is 72.8 Å². The number of carbonyl (C=O) groups is 1. The topological polar surface area (TPSA) is 56.2 Å². The predicted molar refractivity (Wildman–Crippen MR) is 133 cm³/mol. The summed E-state index contributed by atoms with van der Waals surface area (Å²) >= 11 is 0. The molecule has 1 unspecified atom stereocenters. The fourth-order valence-corrected chi connectivity index (χ4v) is 4.15. The van der Waals surface area contributed by atoms with E-state index in [0.29, 0.717) is 12.2 Å². The highest BCUT2D eigenvalue weighted by molar-refractivity contribution is 5.96. The maximum Gasteiger partial charge on any atom is 0.252 e. The Bertz CT molecular complexity index is 1230. The Hall–Kier alpha value is -3.60. The Balaban J connectivity index is 1.45. The molecule has 1 amide bonds. The van der Waals surface area contributed by atoms with Crippen molar-refractivity contribution in [3.63, 3.8) is 0 Å². The average molecular weight is 442 g/mol. The first-order valence-electron chi connectivity index (χ1n) is 11.5. The number of nitrogens with zero attached hydrogens (tertiary/aromatic N) is 2. The van der Waals surface area contributed by atoms with E-state index in [1.807, 2.05) is 87.5 Å². The SMILES string of the molecule is Cc1ccc(C(=O)NC(C)c2nc3ccccc3n2CCCCOc2ccccc2)c(C)c1. The summed E-state index contributed by atoms with van der Waals surface area (Å²) in [4.78, 5) is 17.8. The molecule has 0 aliphatic heterocycles. The molecule has 0 spiro atoms. The second kappa shape index (κ2) is 10.3. The fraction of sp³-hybridized carbons (Fsp3) is 0.286. The minimum atomic E-state index is -0.217. The van der Waals surface area contributed by atoms with Crippen molar-refractivity contribution >= 4 is 16.9 Å². The van der Waals surface area contributed by atoms with E-state index >= 15 is 0 Å². The van der Waals surface area contributed by atoms with Crippen LogP contribution in [0.1, 0.15) is 53.1 Å². The van der Waals surface area contributed by atoms with Crippen molar-refractivity contribution in [1.29, 1.82) is 0 Å². The van der Waals surface area contributed by atoms with Gasteiger partial charge in [0, 0.05) is 12.1 Å². The molecule has 0 bridgehead atoms. The third-order valence-electron chi connectivity index (χ3n) is 5.83. The van der Waals surface area contributed by atoms with Gasteiger partial charge < -0.3 is 14.6 Å². The zero-order valence-electron chi connectivity index (χ0n) is 19.5. The number of para-hydroxylation sites is 3. The van der Waals surface area contributed by atoms with Crippen LogP contribution in [0.4, 0.5) is 0 Å². The Morgan fingerprint density at radius 1 is 1.00 bits per heavy atom. The second-order valence-electron chi connectivity index (χ2n) is 8.49. The molecule has 1 aromatic heterocycles. The lowest BCUT2D eigenvalue weighted by Gasteiger charge is -2.17. The van der Waals surface area contributed by atoms with E-state index in [1.54, 1.807) is 0 Å². The molecule has 5 heteroatoms. The van der Waals surface area contributed by atoms with Gasteiger partial charge in [-0.15, -0.1) is 0 Å². The molecule has 0 saturated heterocycles. The van der Waals surface area contributed by atoms with Crippen LogP contribution in [-0.4, -0.2) is 22.1 Å². The Morgan fingerprint density at radius 2 is 1.76 bits per heavy atom. The fourth-order valence-electron chi connectivity index (χ4n) is 4.15. The second-order valence-corrected chi connectivity index (χ2v) is 8.49. The lowest BCUT2D eigenvalue weighted by atomic mass is 10.0. The molecular formula is C28H31N3O2.